The van der Waals surface area contributed by atoms with Crippen molar-refractivity contribution < 1.29 is 4.79 Å². The fourth-order valence-electron chi connectivity index (χ4n) is 3.11. The van der Waals surface area contributed by atoms with Crippen LogP contribution in [0.2, 0.25) is 0 Å². The van der Waals surface area contributed by atoms with Gasteiger partial charge in [0.15, 0.2) is 0 Å². The Bertz CT molecular complexity index is 710. The zero-order valence-electron chi connectivity index (χ0n) is 14.5. The second kappa shape index (κ2) is 7.40. The van der Waals surface area contributed by atoms with E-state index in [9.17, 15) is 4.79 Å². The quantitative estimate of drug-likeness (QED) is 0.924. The molecule has 1 saturated heterocycles. The Morgan fingerprint density at radius 3 is 2.88 bits per heavy atom. The van der Waals surface area contributed by atoms with Gasteiger partial charge < -0.3 is 5.32 Å². The summed E-state index contributed by atoms with van der Waals surface area (Å²) in [6, 6.07) is 3.82. The van der Waals surface area contributed by atoms with Gasteiger partial charge in [0.05, 0.1) is 16.6 Å². The van der Waals surface area contributed by atoms with Crippen LogP contribution in [0.25, 0.3) is 0 Å². The number of nitrogens with zero attached hydrogens (tertiary/aromatic N) is 3. The van der Waals surface area contributed by atoms with Crippen LogP contribution < -0.4 is 5.32 Å². The highest BCUT2D eigenvalue weighted by atomic mass is 32.1. The first kappa shape index (κ1) is 17.0. The Kier molecular flexibility index (Phi) is 5.26. The van der Waals surface area contributed by atoms with Crippen LogP contribution in [0.1, 0.15) is 34.0 Å². The van der Waals surface area contributed by atoms with Crippen LogP contribution in [0.4, 0.5) is 5.82 Å². The van der Waals surface area contributed by atoms with Crippen molar-refractivity contribution in [2.24, 2.45) is 5.92 Å². The summed E-state index contributed by atoms with van der Waals surface area (Å²) < 4.78 is 0. The van der Waals surface area contributed by atoms with Crippen LogP contribution in [0.15, 0.2) is 18.3 Å². The van der Waals surface area contributed by atoms with E-state index in [0.717, 1.165) is 48.7 Å². The molecule has 0 saturated carbocycles. The number of piperidine rings is 1. The van der Waals surface area contributed by atoms with Crippen molar-refractivity contribution in [1.29, 1.82) is 0 Å². The molecule has 0 bridgehead atoms. The van der Waals surface area contributed by atoms with Crippen LogP contribution in [0.3, 0.4) is 0 Å². The topological polar surface area (TPSA) is 58.1 Å². The number of thiazole rings is 1. The monoisotopic (exact) mass is 344 g/mol. The third kappa shape index (κ3) is 4.19. The maximum atomic E-state index is 12.5. The van der Waals surface area contributed by atoms with E-state index in [0.29, 0.717) is 5.82 Å². The average Bonchev–Trinajstić information content (AvgIpc) is 2.87. The van der Waals surface area contributed by atoms with Crippen molar-refractivity contribution >= 4 is 23.1 Å². The predicted octanol–water partition coefficient (Wildman–Crippen LogP) is 3.31. The first-order valence-corrected chi connectivity index (χ1v) is 9.21. The van der Waals surface area contributed by atoms with Gasteiger partial charge in [-0.1, -0.05) is 6.07 Å². The number of anilines is 1. The molecular weight excluding hydrogens is 320 g/mol. The number of carbonyl (C=O) groups is 1. The highest BCUT2D eigenvalue weighted by Crippen LogP contribution is 2.24. The molecule has 1 fully saturated rings. The fraction of sp³-hybridized carbons (Fsp3) is 0.500. The van der Waals surface area contributed by atoms with Gasteiger partial charge in [0.1, 0.15) is 5.82 Å². The third-order valence-electron chi connectivity index (χ3n) is 4.41. The van der Waals surface area contributed by atoms with Gasteiger partial charge in [0.25, 0.3) is 0 Å². The van der Waals surface area contributed by atoms with Crippen LogP contribution in [0.5, 0.6) is 0 Å². The Morgan fingerprint density at radius 2 is 2.21 bits per heavy atom. The number of nitrogens with one attached hydrogen (secondary N) is 1. The lowest BCUT2D eigenvalue weighted by Gasteiger charge is -2.31. The SMILES string of the molecule is Cc1ccc(NC(=O)[C@@H]2CCCN(Cc3sc(C)nc3C)C2)nc1. The molecule has 0 aliphatic carbocycles. The van der Waals surface area contributed by atoms with Gasteiger partial charge in [-0.05, 0) is 51.8 Å². The Morgan fingerprint density at radius 1 is 1.38 bits per heavy atom. The molecule has 3 heterocycles. The highest BCUT2D eigenvalue weighted by Gasteiger charge is 2.26. The first-order chi connectivity index (χ1) is 11.5. The Hall–Kier alpha value is -1.79. The third-order valence-corrected chi connectivity index (χ3v) is 5.46. The normalized spacial score (nSPS) is 18.5. The number of rotatable bonds is 4. The molecule has 1 atom stereocenters. The minimum Gasteiger partial charge on any atom is -0.310 e. The largest absolute Gasteiger partial charge is 0.310 e. The van der Waals surface area contributed by atoms with Gasteiger partial charge in [0, 0.05) is 24.2 Å². The average molecular weight is 344 g/mol. The summed E-state index contributed by atoms with van der Waals surface area (Å²) in [4.78, 5) is 25.0. The van der Waals surface area contributed by atoms with E-state index in [2.05, 4.69) is 27.1 Å². The standard InChI is InChI=1S/C18H24N4OS/c1-12-6-7-17(19-9-12)21-18(23)15-5-4-8-22(10-15)11-16-13(2)20-14(3)24-16/h6-7,9,15H,4-5,8,10-11H2,1-3H3,(H,19,21,23)/t15-/m1/s1. The zero-order chi connectivity index (χ0) is 17.1. The van der Waals surface area contributed by atoms with Crippen molar-refractivity contribution in [2.45, 2.75) is 40.2 Å². The molecule has 0 aromatic carbocycles. The van der Waals surface area contributed by atoms with E-state index in [-0.39, 0.29) is 11.8 Å². The van der Waals surface area contributed by atoms with E-state index in [1.807, 2.05) is 26.0 Å². The van der Waals surface area contributed by atoms with Crippen molar-refractivity contribution in [2.75, 3.05) is 18.4 Å². The lowest BCUT2D eigenvalue weighted by molar-refractivity contribution is -0.121. The van der Waals surface area contributed by atoms with Crippen molar-refractivity contribution in [3.63, 3.8) is 0 Å². The lowest BCUT2D eigenvalue weighted by atomic mass is 9.97. The molecule has 1 amide bonds. The Balaban J connectivity index is 1.59. The summed E-state index contributed by atoms with van der Waals surface area (Å²) in [6.45, 7) is 8.83. The zero-order valence-corrected chi connectivity index (χ0v) is 15.3. The summed E-state index contributed by atoms with van der Waals surface area (Å²) in [5, 5.41) is 4.06. The molecule has 3 rings (SSSR count). The first-order valence-electron chi connectivity index (χ1n) is 8.40. The molecule has 1 N–H and O–H groups in total. The number of aromatic nitrogens is 2. The molecule has 0 radical (unpaired) electrons. The summed E-state index contributed by atoms with van der Waals surface area (Å²) >= 11 is 1.76. The summed E-state index contributed by atoms with van der Waals surface area (Å²) in [5.74, 6) is 0.737. The van der Waals surface area contributed by atoms with E-state index >= 15 is 0 Å². The molecular formula is C18H24N4OS. The van der Waals surface area contributed by atoms with Gasteiger partial charge in [-0.25, -0.2) is 9.97 Å². The number of carbonyl (C=O) groups excluding carboxylic acids is 1. The number of aryl methyl sites for hydroxylation is 3. The minimum atomic E-state index is 0.0242. The van der Waals surface area contributed by atoms with E-state index < -0.39 is 0 Å². The van der Waals surface area contributed by atoms with Gasteiger partial charge in [0.2, 0.25) is 5.91 Å². The van der Waals surface area contributed by atoms with Crippen molar-refractivity contribution in [1.82, 2.24) is 14.9 Å². The van der Waals surface area contributed by atoms with Crippen molar-refractivity contribution in [3.05, 3.63) is 39.5 Å². The molecule has 1 aliphatic rings. The Labute approximate surface area is 147 Å². The summed E-state index contributed by atoms with van der Waals surface area (Å²) in [7, 11) is 0. The molecule has 1 aliphatic heterocycles. The number of pyridine rings is 1. The number of hydrogen-bond donors (Lipinski definition) is 1. The van der Waals surface area contributed by atoms with Crippen molar-refractivity contribution in [3.8, 4) is 0 Å². The number of likely N-dealkylation sites (tertiary alicyclic amines) is 1. The number of hydrogen-bond acceptors (Lipinski definition) is 5. The highest BCUT2D eigenvalue weighted by molar-refractivity contribution is 7.11. The van der Waals surface area contributed by atoms with Gasteiger partial charge in [-0.3, -0.25) is 9.69 Å². The molecule has 2 aromatic rings. The minimum absolute atomic E-state index is 0.0242. The fourth-order valence-corrected chi connectivity index (χ4v) is 4.09. The molecule has 24 heavy (non-hydrogen) atoms. The van der Waals surface area contributed by atoms with Crippen LogP contribution in [0, 0.1) is 26.7 Å². The molecule has 128 valence electrons. The number of amides is 1. The molecule has 2 aromatic heterocycles. The van der Waals surface area contributed by atoms with Crippen LogP contribution in [-0.2, 0) is 11.3 Å². The predicted molar refractivity (Wildman–Crippen MR) is 97.2 cm³/mol. The lowest BCUT2D eigenvalue weighted by Crippen LogP contribution is -2.40. The van der Waals surface area contributed by atoms with E-state index in [4.69, 9.17) is 0 Å². The molecule has 5 nitrogen and oxygen atoms in total. The van der Waals surface area contributed by atoms with E-state index in [1.165, 1.54) is 4.88 Å². The van der Waals surface area contributed by atoms with Crippen LogP contribution in [-0.4, -0.2) is 33.9 Å². The van der Waals surface area contributed by atoms with Gasteiger partial charge >= 0.3 is 0 Å². The second-order valence-corrected chi connectivity index (χ2v) is 7.81. The maximum Gasteiger partial charge on any atom is 0.229 e. The van der Waals surface area contributed by atoms with Crippen LogP contribution >= 0.6 is 11.3 Å². The van der Waals surface area contributed by atoms with E-state index in [1.54, 1.807) is 17.5 Å². The summed E-state index contributed by atoms with van der Waals surface area (Å²) in [6.07, 6.45) is 3.77. The van der Waals surface area contributed by atoms with Gasteiger partial charge in [-0.2, -0.15) is 0 Å². The molecule has 0 unspecified atom stereocenters. The maximum absolute atomic E-state index is 12.5. The smallest absolute Gasteiger partial charge is 0.229 e. The molecule has 0 spiro atoms. The molecule has 6 heteroatoms. The second-order valence-electron chi connectivity index (χ2n) is 6.53. The summed E-state index contributed by atoms with van der Waals surface area (Å²) in [5.41, 5.74) is 2.21. The van der Waals surface area contributed by atoms with Gasteiger partial charge in [-0.15, -0.1) is 11.3 Å².